The van der Waals surface area contributed by atoms with E-state index in [-0.39, 0.29) is 5.91 Å². The summed E-state index contributed by atoms with van der Waals surface area (Å²) in [4.78, 5) is 22.3. The average molecular weight is 453 g/mol. The van der Waals surface area contributed by atoms with Crippen molar-refractivity contribution in [2.75, 3.05) is 25.0 Å². The number of allylic oxidation sites excluding steroid dienone is 1. The van der Waals surface area contributed by atoms with Crippen molar-refractivity contribution in [3.05, 3.63) is 63.2 Å². The number of aromatic nitrogens is 2. The normalized spacial score (nSPS) is 17.2. The fourth-order valence-corrected chi connectivity index (χ4v) is 4.55. The highest BCUT2D eigenvalue weighted by atomic mass is 35.5. The standard InChI is InChI=1S/C22H21ClN6OS/c23-17-6-2-1-5-15(17)19-14-31-21(27-19)16(13-24)18-8-10-26-22(28-18)25-9-4-12-29-11-3-7-20(29)30/h1-2,5-6,8,10,14,27H,3-4,7,9,11-12H2,(H,25,26,28)/b21-16+. The quantitative estimate of drug-likeness (QED) is 0.482. The zero-order valence-electron chi connectivity index (χ0n) is 16.8. The third-order valence-corrected chi connectivity index (χ3v) is 6.24. The van der Waals surface area contributed by atoms with E-state index in [2.05, 4.69) is 26.7 Å². The Morgan fingerprint density at radius 2 is 2.23 bits per heavy atom. The van der Waals surface area contributed by atoms with E-state index in [1.165, 1.54) is 11.8 Å². The predicted octanol–water partition coefficient (Wildman–Crippen LogP) is 4.08. The van der Waals surface area contributed by atoms with Gasteiger partial charge < -0.3 is 15.5 Å². The van der Waals surface area contributed by atoms with Crippen molar-refractivity contribution in [2.24, 2.45) is 0 Å². The smallest absolute Gasteiger partial charge is 0.223 e. The Morgan fingerprint density at radius 3 is 3.00 bits per heavy atom. The molecule has 2 aliphatic heterocycles. The van der Waals surface area contributed by atoms with Crippen LogP contribution in [0.3, 0.4) is 0 Å². The monoisotopic (exact) mass is 452 g/mol. The number of thioether (sulfide) groups is 1. The average Bonchev–Trinajstić information content (AvgIpc) is 3.42. The molecule has 158 valence electrons. The molecule has 1 saturated heterocycles. The van der Waals surface area contributed by atoms with Crippen LogP contribution in [0.15, 0.2) is 47.0 Å². The molecule has 1 aromatic heterocycles. The Balaban J connectivity index is 1.41. The minimum atomic E-state index is 0.231. The first-order chi connectivity index (χ1) is 15.2. The molecule has 0 bridgehead atoms. The van der Waals surface area contributed by atoms with E-state index in [0.717, 1.165) is 37.2 Å². The number of halogens is 1. The molecule has 3 heterocycles. The number of hydrogen-bond donors (Lipinski definition) is 2. The van der Waals surface area contributed by atoms with Crippen molar-refractivity contribution in [3.8, 4) is 6.07 Å². The summed E-state index contributed by atoms with van der Waals surface area (Å²) < 4.78 is 0. The maximum absolute atomic E-state index is 11.7. The molecule has 0 atom stereocenters. The van der Waals surface area contributed by atoms with E-state index < -0.39 is 0 Å². The Morgan fingerprint density at radius 1 is 1.35 bits per heavy atom. The lowest BCUT2D eigenvalue weighted by molar-refractivity contribution is -0.127. The fraction of sp³-hybridized carbons (Fsp3) is 0.273. The van der Waals surface area contributed by atoms with Crippen LogP contribution in [0.1, 0.15) is 30.5 Å². The van der Waals surface area contributed by atoms with E-state index in [9.17, 15) is 10.1 Å². The highest BCUT2D eigenvalue weighted by Crippen LogP contribution is 2.36. The van der Waals surface area contributed by atoms with Gasteiger partial charge in [0.15, 0.2) is 0 Å². The van der Waals surface area contributed by atoms with Crippen molar-refractivity contribution in [1.82, 2.24) is 20.2 Å². The van der Waals surface area contributed by atoms with Crippen LogP contribution in [0.25, 0.3) is 11.3 Å². The summed E-state index contributed by atoms with van der Waals surface area (Å²) in [6.07, 6.45) is 4.05. The molecule has 0 saturated carbocycles. The fourth-order valence-electron chi connectivity index (χ4n) is 3.45. The highest BCUT2D eigenvalue weighted by molar-refractivity contribution is 8.06. The maximum Gasteiger partial charge on any atom is 0.223 e. The van der Waals surface area contributed by atoms with Crippen LogP contribution >= 0.6 is 23.4 Å². The third kappa shape index (κ3) is 5.01. The van der Waals surface area contributed by atoms with Crippen molar-refractivity contribution < 1.29 is 4.79 Å². The summed E-state index contributed by atoms with van der Waals surface area (Å²) in [6.45, 7) is 2.23. The summed E-state index contributed by atoms with van der Waals surface area (Å²) in [5.41, 5.74) is 2.71. The lowest BCUT2D eigenvalue weighted by Crippen LogP contribution is -2.27. The molecular weight excluding hydrogens is 432 g/mol. The van der Waals surface area contributed by atoms with Crippen LogP contribution in [0.4, 0.5) is 5.95 Å². The molecule has 0 radical (unpaired) electrons. The number of nitrogens with one attached hydrogen (secondary N) is 2. The highest BCUT2D eigenvalue weighted by Gasteiger charge is 2.20. The summed E-state index contributed by atoms with van der Waals surface area (Å²) in [7, 11) is 0. The molecule has 0 spiro atoms. The number of nitrogens with zero attached hydrogens (tertiary/aromatic N) is 4. The van der Waals surface area contributed by atoms with Gasteiger partial charge in [-0.3, -0.25) is 4.79 Å². The Kier molecular flexibility index (Phi) is 6.75. The third-order valence-electron chi connectivity index (χ3n) is 5.02. The Bertz CT molecular complexity index is 1090. The second-order valence-corrected chi connectivity index (χ2v) is 8.39. The maximum atomic E-state index is 11.7. The number of likely N-dealkylation sites (tertiary alicyclic amines) is 1. The molecule has 2 aliphatic rings. The lowest BCUT2D eigenvalue weighted by Gasteiger charge is -2.15. The molecule has 2 N–H and O–H groups in total. The molecule has 0 unspecified atom stereocenters. The first-order valence-corrected chi connectivity index (χ1v) is 11.3. The molecular formula is C22H21ClN6OS. The van der Waals surface area contributed by atoms with Gasteiger partial charge in [0.2, 0.25) is 11.9 Å². The van der Waals surface area contributed by atoms with E-state index in [1.807, 2.05) is 34.6 Å². The Labute approximate surface area is 190 Å². The van der Waals surface area contributed by atoms with Crippen LogP contribution in [0.2, 0.25) is 5.02 Å². The number of benzene rings is 1. The molecule has 31 heavy (non-hydrogen) atoms. The molecule has 2 aromatic rings. The SMILES string of the molecule is N#C/C(=C1/NC(c2ccccc2Cl)=CS1)c1ccnc(NCCCN2CCCC2=O)n1. The molecule has 1 amide bonds. The minimum absolute atomic E-state index is 0.231. The first kappa shape index (κ1) is 21.2. The van der Waals surface area contributed by atoms with Gasteiger partial charge in [0, 0.05) is 48.2 Å². The summed E-state index contributed by atoms with van der Waals surface area (Å²) in [5, 5.41) is 19.5. The van der Waals surface area contributed by atoms with Crippen LogP contribution < -0.4 is 10.6 Å². The van der Waals surface area contributed by atoms with Crippen molar-refractivity contribution >= 4 is 46.5 Å². The zero-order chi connectivity index (χ0) is 21.6. The zero-order valence-corrected chi connectivity index (χ0v) is 18.3. The number of amides is 1. The van der Waals surface area contributed by atoms with E-state index in [4.69, 9.17) is 11.6 Å². The van der Waals surface area contributed by atoms with Gasteiger partial charge in [0.25, 0.3) is 0 Å². The second-order valence-electron chi connectivity index (χ2n) is 7.10. The summed E-state index contributed by atoms with van der Waals surface area (Å²) >= 11 is 7.72. The van der Waals surface area contributed by atoms with E-state index >= 15 is 0 Å². The molecule has 1 aromatic carbocycles. The van der Waals surface area contributed by atoms with Crippen molar-refractivity contribution in [1.29, 1.82) is 5.26 Å². The second kappa shape index (κ2) is 9.86. The van der Waals surface area contributed by atoms with Gasteiger partial charge in [-0.2, -0.15) is 5.26 Å². The molecule has 9 heteroatoms. The molecule has 4 rings (SSSR count). The number of rotatable bonds is 7. The number of anilines is 1. The molecule has 1 fully saturated rings. The van der Waals surface area contributed by atoms with Gasteiger partial charge in [0.05, 0.1) is 16.4 Å². The lowest BCUT2D eigenvalue weighted by atomic mass is 10.1. The van der Waals surface area contributed by atoms with Crippen LogP contribution in [0, 0.1) is 11.3 Å². The first-order valence-electron chi connectivity index (χ1n) is 10.0. The van der Waals surface area contributed by atoms with Crippen LogP contribution in [0.5, 0.6) is 0 Å². The predicted molar refractivity (Wildman–Crippen MR) is 124 cm³/mol. The van der Waals surface area contributed by atoms with Crippen LogP contribution in [-0.2, 0) is 4.79 Å². The van der Waals surface area contributed by atoms with Gasteiger partial charge in [-0.05, 0) is 25.0 Å². The van der Waals surface area contributed by atoms with Gasteiger partial charge in [-0.25, -0.2) is 9.97 Å². The number of nitriles is 1. The largest absolute Gasteiger partial charge is 0.354 e. The molecule has 0 aliphatic carbocycles. The topological polar surface area (TPSA) is 93.9 Å². The van der Waals surface area contributed by atoms with Gasteiger partial charge >= 0.3 is 0 Å². The van der Waals surface area contributed by atoms with Crippen molar-refractivity contribution in [3.63, 3.8) is 0 Å². The van der Waals surface area contributed by atoms with Crippen molar-refractivity contribution in [2.45, 2.75) is 19.3 Å². The Hall–Kier alpha value is -3.02. The summed E-state index contributed by atoms with van der Waals surface area (Å²) in [5.74, 6) is 0.691. The number of carbonyl (C=O) groups excluding carboxylic acids is 1. The number of carbonyl (C=O) groups is 1. The van der Waals surface area contributed by atoms with E-state index in [1.54, 1.807) is 12.3 Å². The number of hydrogen-bond acceptors (Lipinski definition) is 7. The minimum Gasteiger partial charge on any atom is -0.354 e. The van der Waals surface area contributed by atoms with E-state index in [0.29, 0.717) is 40.2 Å². The van der Waals surface area contributed by atoms with Gasteiger partial charge in [0.1, 0.15) is 11.6 Å². The summed E-state index contributed by atoms with van der Waals surface area (Å²) in [6, 6.07) is 11.5. The van der Waals surface area contributed by atoms with Gasteiger partial charge in [-0.1, -0.05) is 41.6 Å². The van der Waals surface area contributed by atoms with Crippen LogP contribution in [-0.4, -0.2) is 40.4 Å². The molecule has 7 nitrogen and oxygen atoms in total. The van der Waals surface area contributed by atoms with Gasteiger partial charge in [-0.15, -0.1) is 0 Å².